The topological polar surface area (TPSA) is 91.4 Å². The van der Waals surface area contributed by atoms with E-state index in [0.717, 1.165) is 41.0 Å². The first-order valence-electron chi connectivity index (χ1n) is 9.85. The Kier molecular flexibility index (Phi) is 5.12. The fraction of sp³-hybridized carbons (Fsp3) is 0.429. The molecule has 1 saturated heterocycles. The van der Waals surface area contributed by atoms with E-state index in [2.05, 4.69) is 15.6 Å². The zero-order valence-corrected chi connectivity index (χ0v) is 17.3. The van der Waals surface area contributed by atoms with E-state index in [1.807, 2.05) is 43.5 Å². The maximum atomic E-state index is 13.0. The minimum absolute atomic E-state index is 0.0665. The number of urea groups is 1. The first kappa shape index (κ1) is 19.6. The molecule has 1 spiro atoms. The van der Waals surface area contributed by atoms with E-state index in [-0.39, 0.29) is 18.4 Å². The molecule has 1 aliphatic heterocycles. The third kappa shape index (κ3) is 3.64. The van der Waals surface area contributed by atoms with Gasteiger partial charge in [0.2, 0.25) is 5.91 Å². The molecule has 2 N–H and O–H groups in total. The largest absolute Gasteiger partial charge is 0.325 e. The van der Waals surface area contributed by atoms with Crippen LogP contribution in [0.5, 0.6) is 0 Å². The molecule has 2 heterocycles. The first-order chi connectivity index (χ1) is 13.9. The van der Waals surface area contributed by atoms with Crippen LogP contribution in [0.25, 0.3) is 11.3 Å². The Labute approximate surface area is 173 Å². The number of nitrogens with zero attached hydrogens (tertiary/aromatic N) is 2. The molecule has 1 aliphatic carbocycles. The number of hydrogen-bond acceptors (Lipinski definition) is 5. The number of hydrogen-bond donors (Lipinski definition) is 2. The van der Waals surface area contributed by atoms with Crippen LogP contribution in [0.3, 0.4) is 0 Å². The number of rotatable bonds is 4. The van der Waals surface area contributed by atoms with Crippen LogP contribution in [-0.4, -0.2) is 39.8 Å². The minimum Gasteiger partial charge on any atom is -0.323 e. The molecule has 2 fully saturated rings. The molecule has 1 saturated carbocycles. The second-order valence-corrected chi connectivity index (χ2v) is 8.75. The fourth-order valence-corrected chi connectivity index (χ4v) is 4.87. The lowest BCUT2D eigenvalue weighted by Gasteiger charge is -2.36. The van der Waals surface area contributed by atoms with Crippen molar-refractivity contribution in [2.45, 2.75) is 45.1 Å². The third-order valence-electron chi connectivity index (χ3n) is 5.90. The summed E-state index contributed by atoms with van der Waals surface area (Å²) in [5.41, 5.74) is 2.05. The van der Waals surface area contributed by atoms with Crippen LogP contribution in [0, 0.1) is 12.8 Å². The van der Waals surface area contributed by atoms with Gasteiger partial charge in [-0.15, -0.1) is 11.3 Å². The Morgan fingerprint density at radius 2 is 2.07 bits per heavy atom. The number of imide groups is 1. The molecule has 0 bridgehead atoms. The van der Waals surface area contributed by atoms with Crippen LogP contribution >= 0.6 is 11.3 Å². The highest BCUT2D eigenvalue weighted by atomic mass is 32.1. The summed E-state index contributed by atoms with van der Waals surface area (Å²) in [7, 11) is 0. The van der Waals surface area contributed by atoms with Crippen molar-refractivity contribution < 1.29 is 14.4 Å². The summed E-state index contributed by atoms with van der Waals surface area (Å²) >= 11 is 1.31. The molecule has 0 unspecified atom stereocenters. The zero-order chi connectivity index (χ0) is 20.6. The van der Waals surface area contributed by atoms with Crippen LogP contribution in [0.4, 0.5) is 9.93 Å². The number of carbonyl (C=O) groups is 3. The number of benzene rings is 1. The molecule has 0 radical (unpaired) electrons. The molecule has 2 aliphatic rings. The Morgan fingerprint density at radius 1 is 1.31 bits per heavy atom. The summed E-state index contributed by atoms with van der Waals surface area (Å²) in [5.74, 6) is -0.653. The quantitative estimate of drug-likeness (QED) is 0.751. The van der Waals surface area contributed by atoms with Gasteiger partial charge in [-0.1, -0.05) is 49.6 Å². The molecule has 2 atom stereocenters. The summed E-state index contributed by atoms with van der Waals surface area (Å²) in [5, 5.41) is 7.88. The molecule has 7 nitrogen and oxygen atoms in total. The molecule has 1 aromatic heterocycles. The number of anilines is 1. The minimum atomic E-state index is -0.852. The summed E-state index contributed by atoms with van der Waals surface area (Å²) in [4.78, 5) is 43.3. The van der Waals surface area contributed by atoms with Crippen LogP contribution in [0.1, 0.15) is 38.2 Å². The fourth-order valence-electron chi connectivity index (χ4n) is 4.13. The lowest BCUT2D eigenvalue weighted by Crippen LogP contribution is -2.54. The summed E-state index contributed by atoms with van der Waals surface area (Å²) in [6.07, 6.45) is 3.48. The average molecular weight is 413 g/mol. The van der Waals surface area contributed by atoms with E-state index < -0.39 is 17.5 Å². The molecule has 4 rings (SSSR count). The third-order valence-corrected chi connectivity index (χ3v) is 6.66. The van der Waals surface area contributed by atoms with Gasteiger partial charge in [-0.2, -0.15) is 0 Å². The number of aromatic nitrogens is 1. The summed E-state index contributed by atoms with van der Waals surface area (Å²) in [6.45, 7) is 3.70. The van der Waals surface area contributed by atoms with E-state index in [0.29, 0.717) is 11.6 Å². The number of carbonyl (C=O) groups excluding carboxylic acids is 3. The molecular formula is C21H24N4O3S. The van der Waals surface area contributed by atoms with Crippen LogP contribution in [0.2, 0.25) is 0 Å². The molecular weight excluding hydrogens is 388 g/mol. The summed E-state index contributed by atoms with van der Waals surface area (Å²) in [6, 6.07) is 7.49. The number of nitrogens with one attached hydrogen (secondary N) is 2. The molecule has 29 heavy (non-hydrogen) atoms. The Bertz CT molecular complexity index is 955. The Balaban J connectivity index is 1.42. The van der Waals surface area contributed by atoms with Crippen LogP contribution in [0.15, 0.2) is 29.6 Å². The first-order valence-corrected chi connectivity index (χ1v) is 10.7. The molecule has 8 heteroatoms. The van der Waals surface area contributed by atoms with Gasteiger partial charge in [-0.3, -0.25) is 14.5 Å². The smallest absolute Gasteiger partial charge is 0.323 e. The summed E-state index contributed by atoms with van der Waals surface area (Å²) < 4.78 is 0. The van der Waals surface area contributed by atoms with Crippen molar-refractivity contribution in [2.75, 3.05) is 11.9 Å². The van der Waals surface area contributed by atoms with Crippen molar-refractivity contribution in [3.8, 4) is 11.3 Å². The predicted molar refractivity (Wildman–Crippen MR) is 112 cm³/mol. The van der Waals surface area contributed by atoms with Gasteiger partial charge >= 0.3 is 6.03 Å². The van der Waals surface area contributed by atoms with E-state index >= 15 is 0 Å². The molecule has 4 amide bonds. The van der Waals surface area contributed by atoms with Gasteiger partial charge in [-0.25, -0.2) is 9.78 Å². The second kappa shape index (κ2) is 7.59. The van der Waals surface area contributed by atoms with Crippen LogP contribution in [-0.2, 0) is 9.59 Å². The van der Waals surface area contributed by atoms with Crippen molar-refractivity contribution in [2.24, 2.45) is 5.92 Å². The normalized spacial score (nSPS) is 24.1. The second-order valence-electron chi connectivity index (χ2n) is 7.89. The van der Waals surface area contributed by atoms with Gasteiger partial charge in [0.25, 0.3) is 5.91 Å². The Hall–Kier alpha value is -2.74. The average Bonchev–Trinajstić information content (AvgIpc) is 3.24. The van der Waals surface area contributed by atoms with Crippen molar-refractivity contribution >= 4 is 34.3 Å². The number of thiazole rings is 1. The lowest BCUT2D eigenvalue weighted by atomic mass is 9.73. The van der Waals surface area contributed by atoms with Gasteiger partial charge in [0, 0.05) is 10.9 Å². The van der Waals surface area contributed by atoms with Crippen molar-refractivity contribution in [1.82, 2.24) is 15.2 Å². The van der Waals surface area contributed by atoms with Crippen molar-refractivity contribution in [3.63, 3.8) is 0 Å². The van der Waals surface area contributed by atoms with Gasteiger partial charge in [0.1, 0.15) is 12.1 Å². The highest BCUT2D eigenvalue weighted by molar-refractivity contribution is 7.14. The SMILES string of the molecule is Cc1ccc(-c2csc(NC(=O)CN3C(=O)N[C@]4(CCCC[C@H]4C)C3=O)n2)cc1. The number of aryl methyl sites for hydroxylation is 1. The van der Waals surface area contributed by atoms with Crippen molar-refractivity contribution in [3.05, 3.63) is 35.2 Å². The van der Waals surface area contributed by atoms with Crippen LogP contribution < -0.4 is 10.6 Å². The maximum Gasteiger partial charge on any atom is 0.325 e. The van der Waals surface area contributed by atoms with Gasteiger partial charge in [0.15, 0.2) is 5.13 Å². The maximum absolute atomic E-state index is 13.0. The van der Waals surface area contributed by atoms with E-state index in [1.165, 1.54) is 11.3 Å². The van der Waals surface area contributed by atoms with Crippen molar-refractivity contribution in [1.29, 1.82) is 0 Å². The van der Waals surface area contributed by atoms with E-state index in [1.54, 1.807) is 0 Å². The monoisotopic (exact) mass is 412 g/mol. The molecule has 2 aromatic rings. The lowest BCUT2D eigenvalue weighted by molar-refractivity contribution is -0.136. The predicted octanol–water partition coefficient (Wildman–Crippen LogP) is 3.56. The standard InChI is InChI=1S/C21H24N4O3S/c1-13-6-8-15(9-7-13)16-12-29-19(22-16)23-17(26)11-25-18(27)21(24-20(25)28)10-4-3-5-14(21)2/h6-9,12,14H,3-5,10-11H2,1-2H3,(H,24,28)(H,22,23,26)/t14-,21+/m1/s1. The van der Waals surface area contributed by atoms with E-state index in [4.69, 9.17) is 0 Å². The van der Waals surface area contributed by atoms with Gasteiger partial charge in [0.05, 0.1) is 5.69 Å². The molecule has 152 valence electrons. The zero-order valence-electron chi connectivity index (χ0n) is 16.5. The highest BCUT2D eigenvalue weighted by Crippen LogP contribution is 2.38. The van der Waals surface area contributed by atoms with Gasteiger partial charge < -0.3 is 10.6 Å². The molecule has 1 aromatic carbocycles. The van der Waals surface area contributed by atoms with Gasteiger partial charge in [-0.05, 0) is 25.7 Å². The Morgan fingerprint density at radius 3 is 2.79 bits per heavy atom. The highest BCUT2D eigenvalue weighted by Gasteiger charge is 2.55. The van der Waals surface area contributed by atoms with E-state index in [9.17, 15) is 14.4 Å². The number of amides is 4.